The number of ether oxygens (including phenoxy) is 3. The number of carbonyl (C=O) groups is 2. The molecule has 3 heterocycles. The van der Waals surface area contributed by atoms with Gasteiger partial charge in [0, 0.05) is 19.7 Å². The van der Waals surface area contributed by atoms with Crippen molar-refractivity contribution in [3.05, 3.63) is 48.1 Å². The van der Waals surface area contributed by atoms with E-state index in [4.69, 9.17) is 14.2 Å². The van der Waals surface area contributed by atoms with Gasteiger partial charge in [0.1, 0.15) is 6.61 Å². The molecule has 0 saturated carbocycles. The van der Waals surface area contributed by atoms with Crippen LogP contribution in [0.5, 0.6) is 11.5 Å². The molecule has 164 valence electrons. The van der Waals surface area contributed by atoms with E-state index >= 15 is 0 Å². The molecule has 10 heteroatoms. The number of anilines is 1. The first-order valence-corrected chi connectivity index (χ1v) is 9.68. The van der Waals surface area contributed by atoms with Gasteiger partial charge in [-0.2, -0.15) is 0 Å². The quantitative estimate of drug-likeness (QED) is 0.739. The normalized spacial score (nSPS) is 20.3. The van der Waals surface area contributed by atoms with Crippen LogP contribution in [0.3, 0.4) is 0 Å². The van der Waals surface area contributed by atoms with Crippen molar-refractivity contribution in [1.29, 1.82) is 0 Å². The van der Waals surface area contributed by atoms with Gasteiger partial charge in [0.05, 0.1) is 49.7 Å². The Hall–Kier alpha value is -3.53. The van der Waals surface area contributed by atoms with Crippen LogP contribution in [0.15, 0.2) is 36.8 Å². The fraction of sp³-hybridized carbons (Fsp3) is 0.381. The number of hydrogen-bond acceptors (Lipinski definition) is 7. The number of nitrogens with zero attached hydrogens (tertiary/aromatic N) is 4. The lowest BCUT2D eigenvalue weighted by Crippen LogP contribution is -2.50. The molecule has 31 heavy (non-hydrogen) atoms. The molecule has 1 aromatic carbocycles. The molecule has 2 aliphatic rings. The molecule has 1 aromatic heterocycles. The minimum atomic E-state index is -1.33. The van der Waals surface area contributed by atoms with Crippen LogP contribution in [0.2, 0.25) is 0 Å². The van der Waals surface area contributed by atoms with Gasteiger partial charge < -0.3 is 28.8 Å². The van der Waals surface area contributed by atoms with Crippen molar-refractivity contribution in [3.8, 4) is 11.5 Å². The van der Waals surface area contributed by atoms with Gasteiger partial charge in [-0.1, -0.05) is 12.2 Å². The third kappa shape index (κ3) is 3.48. The number of imidazole rings is 1. The molecule has 0 bridgehead atoms. The SMILES string of the molecule is C=C1C[C@H]2C(O)N(C(=O)OCc3cncn3C)c3cc(OC)c(OC)cc3C(=O)N2C1. The van der Waals surface area contributed by atoms with E-state index in [2.05, 4.69) is 11.6 Å². The van der Waals surface area contributed by atoms with Crippen LogP contribution >= 0.6 is 0 Å². The Labute approximate surface area is 179 Å². The zero-order valence-electron chi connectivity index (χ0n) is 17.6. The molecule has 0 aliphatic carbocycles. The minimum Gasteiger partial charge on any atom is -0.493 e. The first-order chi connectivity index (χ1) is 14.8. The molecule has 1 unspecified atom stereocenters. The van der Waals surface area contributed by atoms with Gasteiger partial charge in [-0.15, -0.1) is 0 Å². The summed E-state index contributed by atoms with van der Waals surface area (Å²) in [5, 5.41) is 11.2. The molecule has 2 atom stereocenters. The van der Waals surface area contributed by atoms with E-state index in [9.17, 15) is 14.7 Å². The topological polar surface area (TPSA) is 106 Å². The summed E-state index contributed by atoms with van der Waals surface area (Å²) in [6.45, 7) is 4.20. The Morgan fingerprint density at radius 1 is 1.29 bits per heavy atom. The number of aryl methyl sites for hydroxylation is 1. The molecule has 1 fully saturated rings. The third-order valence-corrected chi connectivity index (χ3v) is 5.61. The van der Waals surface area contributed by atoms with Crippen LogP contribution in [0.1, 0.15) is 22.5 Å². The number of methoxy groups -OCH3 is 2. The number of amides is 2. The first-order valence-electron chi connectivity index (χ1n) is 9.68. The Balaban J connectivity index is 1.77. The van der Waals surface area contributed by atoms with Crippen molar-refractivity contribution in [3.63, 3.8) is 0 Å². The van der Waals surface area contributed by atoms with E-state index in [1.165, 1.54) is 31.3 Å². The van der Waals surface area contributed by atoms with Gasteiger partial charge in [-0.05, 0) is 12.5 Å². The highest BCUT2D eigenvalue weighted by atomic mass is 16.6. The number of carbonyl (C=O) groups excluding carboxylic acids is 2. The number of hydrogen-bond donors (Lipinski definition) is 1. The summed E-state index contributed by atoms with van der Waals surface area (Å²) in [4.78, 5) is 33.1. The van der Waals surface area contributed by atoms with E-state index in [-0.39, 0.29) is 23.8 Å². The van der Waals surface area contributed by atoms with Crippen LogP contribution in [0.4, 0.5) is 10.5 Å². The monoisotopic (exact) mass is 428 g/mol. The van der Waals surface area contributed by atoms with Crippen molar-refractivity contribution in [1.82, 2.24) is 14.5 Å². The van der Waals surface area contributed by atoms with Crippen molar-refractivity contribution in [2.24, 2.45) is 7.05 Å². The maximum atomic E-state index is 13.3. The fourth-order valence-corrected chi connectivity index (χ4v) is 3.96. The van der Waals surface area contributed by atoms with Gasteiger partial charge in [0.2, 0.25) is 0 Å². The Morgan fingerprint density at radius 3 is 2.65 bits per heavy atom. The number of aromatic nitrogens is 2. The maximum Gasteiger partial charge on any atom is 0.416 e. The predicted molar refractivity (Wildman–Crippen MR) is 110 cm³/mol. The van der Waals surface area contributed by atoms with Gasteiger partial charge in [0.15, 0.2) is 17.7 Å². The number of rotatable bonds is 4. The number of fused-ring (bicyclic) bond motifs is 2. The molecule has 4 rings (SSSR count). The minimum absolute atomic E-state index is 0.0454. The fourth-order valence-electron chi connectivity index (χ4n) is 3.96. The van der Waals surface area contributed by atoms with Gasteiger partial charge in [-0.3, -0.25) is 4.79 Å². The van der Waals surface area contributed by atoms with Crippen molar-refractivity contribution >= 4 is 17.7 Å². The molecule has 2 aliphatic heterocycles. The number of aliphatic hydroxyl groups excluding tert-OH is 1. The van der Waals surface area contributed by atoms with E-state index in [0.29, 0.717) is 30.2 Å². The van der Waals surface area contributed by atoms with Crippen LogP contribution in [0.25, 0.3) is 0 Å². The van der Waals surface area contributed by atoms with E-state index in [1.807, 2.05) is 0 Å². The number of aliphatic hydroxyl groups is 1. The highest BCUT2D eigenvalue weighted by molar-refractivity contribution is 6.06. The van der Waals surface area contributed by atoms with Gasteiger partial charge in [0.25, 0.3) is 5.91 Å². The average Bonchev–Trinajstić information content (AvgIpc) is 3.34. The lowest BCUT2D eigenvalue weighted by atomic mass is 10.1. The Kier molecular flexibility index (Phi) is 5.32. The van der Waals surface area contributed by atoms with Crippen LogP contribution in [-0.2, 0) is 18.4 Å². The maximum absolute atomic E-state index is 13.3. The predicted octanol–water partition coefficient (Wildman–Crippen LogP) is 1.68. The van der Waals surface area contributed by atoms with Gasteiger partial charge in [-0.25, -0.2) is 14.7 Å². The van der Waals surface area contributed by atoms with Crippen molar-refractivity contribution < 1.29 is 28.9 Å². The highest BCUT2D eigenvalue weighted by Crippen LogP contribution is 2.41. The van der Waals surface area contributed by atoms with E-state index in [1.54, 1.807) is 24.1 Å². The average molecular weight is 428 g/mol. The van der Waals surface area contributed by atoms with E-state index < -0.39 is 18.4 Å². The molecule has 1 N–H and O–H groups in total. The molecular formula is C21H24N4O6. The summed E-state index contributed by atoms with van der Waals surface area (Å²) in [6.07, 6.45) is 1.42. The Morgan fingerprint density at radius 2 is 2.00 bits per heavy atom. The summed E-state index contributed by atoms with van der Waals surface area (Å²) in [5.41, 5.74) is 1.86. The smallest absolute Gasteiger partial charge is 0.416 e. The van der Waals surface area contributed by atoms with Crippen molar-refractivity contribution in [2.75, 3.05) is 25.7 Å². The van der Waals surface area contributed by atoms with Crippen molar-refractivity contribution in [2.45, 2.75) is 25.3 Å². The van der Waals surface area contributed by atoms with Crippen LogP contribution < -0.4 is 14.4 Å². The second-order valence-corrected chi connectivity index (χ2v) is 7.51. The summed E-state index contributed by atoms with van der Waals surface area (Å²) in [6, 6.07) is 2.36. The van der Waals surface area contributed by atoms with Gasteiger partial charge >= 0.3 is 6.09 Å². The lowest BCUT2D eigenvalue weighted by Gasteiger charge is -2.31. The summed E-state index contributed by atoms with van der Waals surface area (Å²) >= 11 is 0. The number of benzene rings is 1. The first kappa shape index (κ1) is 20.7. The molecule has 0 spiro atoms. The zero-order chi connectivity index (χ0) is 22.3. The summed E-state index contributed by atoms with van der Waals surface area (Å²) < 4.78 is 17.9. The molecule has 2 amide bonds. The largest absolute Gasteiger partial charge is 0.493 e. The summed E-state index contributed by atoms with van der Waals surface area (Å²) in [5.74, 6) is 0.321. The molecule has 2 aromatic rings. The lowest BCUT2D eigenvalue weighted by molar-refractivity contribution is 0.0484. The third-order valence-electron chi connectivity index (χ3n) is 5.61. The molecule has 0 radical (unpaired) electrons. The second-order valence-electron chi connectivity index (χ2n) is 7.51. The highest BCUT2D eigenvalue weighted by Gasteiger charge is 2.46. The molecule has 10 nitrogen and oxygen atoms in total. The summed E-state index contributed by atoms with van der Waals surface area (Å²) in [7, 11) is 4.69. The second kappa shape index (κ2) is 7.95. The standard InChI is InChI=1S/C21H24N4O6/c1-12-5-16-20(27)25(21(28)31-10-13-8-22-11-23(13)2)15-7-18(30-4)17(29-3)6-14(15)19(26)24(16)9-12/h6-8,11,16,20,27H,1,5,9-10H2,2-4H3/t16-,20?/m0/s1. The molecular weight excluding hydrogens is 404 g/mol. The molecule has 1 saturated heterocycles. The van der Waals surface area contributed by atoms with E-state index in [0.717, 1.165) is 10.5 Å². The van der Waals surface area contributed by atoms with Crippen LogP contribution in [0, 0.1) is 0 Å². The Bertz CT molecular complexity index is 1050. The zero-order valence-corrected chi connectivity index (χ0v) is 17.6. The van der Waals surface area contributed by atoms with Crippen LogP contribution in [-0.4, -0.2) is 64.6 Å².